The van der Waals surface area contributed by atoms with Gasteiger partial charge in [-0.05, 0) is 32.0 Å². The molecule has 1 amide bonds. The van der Waals surface area contributed by atoms with Crippen molar-refractivity contribution in [1.82, 2.24) is 14.1 Å². The van der Waals surface area contributed by atoms with Gasteiger partial charge in [-0.2, -0.15) is 0 Å². The monoisotopic (exact) mass is 339 g/mol. The molecule has 0 N–H and O–H groups in total. The lowest BCUT2D eigenvalue weighted by Crippen LogP contribution is -2.50. The van der Waals surface area contributed by atoms with Crippen molar-refractivity contribution in [2.75, 3.05) is 40.3 Å². The molecule has 1 aromatic carbocycles. The molecule has 0 aromatic heterocycles. The lowest BCUT2D eigenvalue weighted by atomic mass is 10.1. The average Bonchev–Trinajstić information content (AvgIpc) is 2.54. The summed E-state index contributed by atoms with van der Waals surface area (Å²) in [6.45, 7) is 7.32. The van der Waals surface area contributed by atoms with Crippen molar-refractivity contribution in [3.63, 3.8) is 0 Å². The van der Waals surface area contributed by atoms with Crippen LogP contribution in [0, 0.1) is 0 Å². The first-order valence-corrected chi connectivity index (χ1v) is 9.23. The van der Waals surface area contributed by atoms with Crippen molar-refractivity contribution in [3.05, 3.63) is 29.8 Å². The van der Waals surface area contributed by atoms with Gasteiger partial charge in [0.2, 0.25) is 10.0 Å². The number of amides is 1. The minimum Gasteiger partial charge on any atom is -0.336 e. The number of nitrogens with zero attached hydrogens (tertiary/aromatic N) is 3. The summed E-state index contributed by atoms with van der Waals surface area (Å²) < 4.78 is 25.5. The van der Waals surface area contributed by atoms with E-state index in [1.165, 1.54) is 26.2 Å². The fraction of sp³-hybridized carbons (Fsp3) is 0.562. The fourth-order valence-electron chi connectivity index (χ4n) is 2.62. The van der Waals surface area contributed by atoms with Crippen molar-refractivity contribution >= 4 is 15.9 Å². The second-order valence-electron chi connectivity index (χ2n) is 6.24. The first kappa shape index (κ1) is 17.9. The standard InChI is InChI=1S/C16H25N3O3S/c1-13(2)18-8-10-19(11-9-18)16(20)14-6-5-7-15(12-14)23(21,22)17(3)4/h5-7,12-13H,8-11H2,1-4H3. The number of hydrogen-bond donors (Lipinski definition) is 0. The van der Waals surface area contributed by atoms with E-state index in [0.717, 1.165) is 17.4 Å². The second kappa shape index (κ2) is 6.98. The summed E-state index contributed by atoms with van der Waals surface area (Å²) in [4.78, 5) is 16.9. The van der Waals surface area contributed by atoms with E-state index in [2.05, 4.69) is 18.7 Å². The molecule has 0 atom stereocenters. The van der Waals surface area contributed by atoms with E-state index in [0.29, 0.717) is 24.7 Å². The highest BCUT2D eigenvalue weighted by molar-refractivity contribution is 7.89. The van der Waals surface area contributed by atoms with Crippen molar-refractivity contribution in [2.45, 2.75) is 24.8 Å². The molecule has 1 aliphatic heterocycles. The lowest BCUT2D eigenvalue weighted by molar-refractivity contribution is 0.0595. The Labute approximate surface area is 138 Å². The van der Waals surface area contributed by atoms with Crippen LogP contribution in [0.2, 0.25) is 0 Å². The molecule has 0 radical (unpaired) electrons. The first-order chi connectivity index (χ1) is 10.7. The van der Waals surface area contributed by atoms with Gasteiger partial charge in [0.25, 0.3) is 5.91 Å². The zero-order chi connectivity index (χ0) is 17.2. The van der Waals surface area contributed by atoms with Gasteiger partial charge in [-0.25, -0.2) is 12.7 Å². The molecule has 1 saturated heterocycles. The average molecular weight is 339 g/mol. The van der Waals surface area contributed by atoms with Gasteiger partial charge in [-0.3, -0.25) is 9.69 Å². The summed E-state index contributed by atoms with van der Waals surface area (Å²) in [6, 6.07) is 6.75. The summed E-state index contributed by atoms with van der Waals surface area (Å²) in [6.07, 6.45) is 0. The van der Waals surface area contributed by atoms with Gasteiger partial charge in [-0.15, -0.1) is 0 Å². The van der Waals surface area contributed by atoms with Crippen LogP contribution >= 0.6 is 0 Å². The van der Waals surface area contributed by atoms with E-state index < -0.39 is 10.0 Å². The number of hydrogen-bond acceptors (Lipinski definition) is 4. The molecule has 7 heteroatoms. The van der Waals surface area contributed by atoms with Gasteiger partial charge in [0, 0.05) is 51.9 Å². The van der Waals surface area contributed by atoms with Gasteiger partial charge in [0.15, 0.2) is 0 Å². The van der Waals surface area contributed by atoms with E-state index in [1.807, 2.05) is 0 Å². The SMILES string of the molecule is CC(C)N1CCN(C(=O)c2cccc(S(=O)(=O)N(C)C)c2)CC1. The molecule has 0 aliphatic carbocycles. The Balaban J connectivity index is 2.15. The zero-order valence-corrected chi connectivity index (χ0v) is 15.0. The van der Waals surface area contributed by atoms with Crippen molar-refractivity contribution in [1.29, 1.82) is 0 Å². The van der Waals surface area contributed by atoms with E-state index in [1.54, 1.807) is 17.0 Å². The number of benzene rings is 1. The number of sulfonamides is 1. The Morgan fingerprint density at radius 1 is 1.13 bits per heavy atom. The molecule has 2 rings (SSSR count). The minimum absolute atomic E-state index is 0.107. The Kier molecular flexibility index (Phi) is 5.44. The Hall–Kier alpha value is -1.44. The number of piperazine rings is 1. The summed E-state index contributed by atoms with van der Waals surface area (Å²) in [5.41, 5.74) is 0.422. The molecule has 0 saturated carbocycles. The predicted molar refractivity (Wildman–Crippen MR) is 89.9 cm³/mol. The Morgan fingerprint density at radius 2 is 1.74 bits per heavy atom. The van der Waals surface area contributed by atoms with Crippen LogP contribution in [0.5, 0.6) is 0 Å². The Bertz CT molecular complexity index is 663. The predicted octanol–water partition coefficient (Wildman–Crippen LogP) is 1.10. The smallest absolute Gasteiger partial charge is 0.253 e. The highest BCUT2D eigenvalue weighted by Gasteiger charge is 2.25. The Morgan fingerprint density at radius 3 is 2.26 bits per heavy atom. The van der Waals surface area contributed by atoms with Gasteiger partial charge in [-0.1, -0.05) is 6.07 Å². The first-order valence-electron chi connectivity index (χ1n) is 7.79. The molecule has 23 heavy (non-hydrogen) atoms. The molecule has 128 valence electrons. The molecule has 1 fully saturated rings. The lowest BCUT2D eigenvalue weighted by Gasteiger charge is -2.37. The quantitative estimate of drug-likeness (QED) is 0.824. The maximum Gasteiger partial charge on any atom is 0.253 e. The normalized spacial score (nSPS) is 17.0. The number of rotatable bonds is 4. The van der Waals surface area contributed by atoms with Gasteiger partial charge < -0.3 is 4.90 Å². The maximum atomic E-state index is 12.6. The van der Waals surface area contributed by atoms with Crippen LogP contribution in [0.3, 0.4) is 0 Å². The van der Waals surface area contributed by atoms with E-state index in [-0.39, 0.29) is 10.8 Å². The molecule has 1 aromatic rings. The molecule has 6 nitrogen and oxygen atoms in total. The third-order valence-corrected chi connectivity index (χ3v) is 6.00. The van der Waals surface area contributed by atoms with Crippen LogP contribution in [0.15, 0.2) is 29.2 Å². The van der Waals surface area contributed by atoms with Crippen LogP contribution in [-0.2, 0) is 10.0 Å². The number of carbonyl (C=O) groups is 1. The van der Waals surface area contributed by atoms with Crippen molar-refractivity contribution < 1.29 is 13.2 Å². The number of carbonyl (C=O) groups excluding carboxylic acids is 1. The topological polar surface area (TPSA) is 60.9 Å². The van der Waals surface area contributed by atoms with Crippen LogP contribution in [0.4, 0.5) is 0 Å². The van der Waals surface area contributed by atoms with Gasteiger partial charge in [0.1, 0.15) is 0 Å². The highest BCUT2D eigenvalue weighted by Crippen LogP contribution is 2.17. The fourth-order valence-corrected chi connectivity index (χ4v) is 3.57. The molecular formula is C16H25N3O3S. The van der Waals surface area contributed by atoms with Crippen LogP contribution in [0.25, 0.3) is 0 Å². The molecule has 0 bridgehead atoms. The zero-order valence-electron chi connectivity index (χ0n) is 14.2. The summed E-state index contributed by atoms with van der Waals surface area (Å²) >= 11 is 0. The molecule has 0 spiro atoms. The molecular weight excluding hydrogens is 314 g/mol. The molecule has 1 aliphatic rings. The van der Waals surface area contributed by atoms with E-state index in [4.69, 9.17) is 0 Å². The third kappa shape index (κ3) is 3.91. The van der Waals surface area contributed by atoms with Crippen LogP contribution in [-0.4, -0.2) is 74.7 Å². The van der Waals surface area contributed by atoms with E-state index >= 15 is 0 Å². The molecule has 1 heterocycles. The minimum atomic E-state index is -3.53. The van der Waals surface area contributed by atoms with Crippen molar-refractivity contribution in [3.8, 4) is 0 Å². The highest BCUT2D eigenvalue weighted by atomic mass is 32.2. The third-order valence-electron chi connectivity index (χ3n) is 4.19. The van der Waals surface area contributed by atoms with Gasteiger partial charge in [0.05, 0.1) is 4.90 Å². The summed E-state index contributed by atoms with van der Waals surface area (Å²) in [5, 5.41) is 0. The van der Waals surface area contributed by atoms with Gasteiger partial charge >= 0.3 is 0 Å². The summed E-state index contributed by atoms with van der Waals surface area (Å²) in [5.74, 6) is -0.107. The van der Waals surface area contributed by atoms with E-state index in [9.17, 15) is 13.2 Å². The maximum absolute atomic E-state index is 12.6. The van der Waals surface area contributed by atoms with Crippen LogP contribution in [0.1, 0.15) is 24.2 Å². The largest absolute Gasteiger partial charge is 0.336 e. The van der Waals surface area contributed by atoms with Crippen LogP contribution < -0.4 is 0 Å². The summed E-state index contributed by atoms with van der Waals surface area (Å²) in [7, 11) is -0.567. The second-order valence-corrected chi connectivity index (χ2v) is 8.39. The molecule has 0 unspecified atom stereocenters. The van der Waals surface area contributed by atoms with Crippen molar-refractivity contribution in [2.24, 2.45) is 0 Å².